The minimum Gasteiger partial charge on any atom is -0.388 e. The van der Waals surface area contributed by atoms with Crippen LogP contribution in [0.25, 0.3) is 0 Å². The Morgan fingerprint density at radius 2 is 1.71 bits per heavy atom. The summed E-state index contributed by atoms with van der Waals surface area (Å²) in [6.07, 6.45) is -4.05. The van der Waals surface area contributed by atoms with E-state index in [0.29, 0.717) is 5.33 Å². The summed E-state index contributed by atoms with van der Waals surface area (Å²) >= 11 is 3.20. The second-order valence-electron chi connectivity index (χ2n) is 4.01. The van der Waals surface area contributed by atoms with Gasteiger partial charge in [0.15, 0.2) is 0 Å². The molecule has 2 unspecified atom stereocenters. The van der Waals surface area contributed by atoms with E-state index in [9.17, 15) is 15.3 Å². The molecule has 1 rings (SSSR count). The van der Waals surface area contributed by atoms with Crippen LogP contribution in [-0.2, 0) is 4.74 Å². The number of hydrogen-bond acceptors (Lipinski definition) is 4. The van der Waals surface area contributed by atoms with Crippen LogP contribution in [0.2, 0.25) is 0 Å². The first-order chi connectivity index (χ1) is 6.49. The molecule has 0 saturated carbocycles. The van der Waals surface area contributed by atoms with E-state index >= 15 is 0 Å². The van der Waals surface area contributed by atoms with Gasteiger partial charge >= 0.3 is 0 Å². The molecular weight excluding hydrogens is 252 g/mol. The van der Waals surface area contributed by atoms with Crippen molar-refractivity contribution in [1.82, 2.24) is 0 Å². The van der Waals surface area contributed by atoms with Gasteiger partial charge < -0.3 is 20.1 Å². The summed E-state index contributed by atoms with van der Waals surface area (Å²) in [7, 11) is 0. The van der Waals surface area contributed by atoms with Crippen molar-refractivity contribution in [2.45, 2.75) is 44.4 Å². The zero-order valence-electron chi connectivity index (χ0n) is 8.30. The number of ether oxygens (including phenoxy) is 1. The highest BCUT2D eigenvalue weighted by Crippen LogP contribution is 2.26. The van der Waals surface area contributed by atoms with Gasteiger partial charge in [0.1, 0.15) is 18.3 Å². The van der Waals surface area contributed by atoms with Gasteiger partial charge in [-0.2, -0.15) is 0 Å². The molecular formula is C9H17BrO4. The Hall–Kier alpha value is 0.320. The molecule has 5 atom stereocenters. The van der Waals surface area contributed by atoms with Gasteiger partial charge in [0.2, 0.25) is 0 Å². The number of halogens is 1. The van der Waals surface area contributed by atoms with E-state index in [2.05, 4.69) is 15.9 Å². The second-order valence-corrected chi connectivity index (χ2v) is 4.66. The van der Waals surface area contributed by atoms with Crippen molar-refractivity contribution in [2.75, 3.05) is 5.33 Å². The average molecular weight is 269 g/mol. The molecule has 1 fully saturated rings. The van der Waals surface area contributed by atoms with E-state index in [0.717, 1.165) is 0 Å². The summed E-state index contributed by atoms with van der Waals surface area (Å²) in [5.74, 6) is 0.105. The van der Waals surface area contributed by atoms with E-state index in [4.69, 9.17) is 4.74 Å². The predicted octanol–water partition coefficient (Wildman–Crippen LogP) is -0.113. The first-order valence-corrected chi connectivity index (χ1v) is 5.86. The lowest BCUT2D eigenvalue weighted by Crippen LogP contribution is -2.59. The van der Waals surface area contributed by atoms with Crippen molar-refractivity contribution >= 4 is 15.9 Å². The summed E-state index contributed by atoms with van der Waals surface area (Å²) in [6.45, 7) is 3.81. The van der Waals surface area contributed by atoms with Crippen LogP contribution in [0.3, 0.4) is 0 Å². The van der Waals surface area contributed by atoms with E-state index in [1.54, 1.807) is 0 Å². The quantitative estimate of drug-likeness (QED) is 0.612. The van der Waals surface area contributed by atoms with Crippen molar-refractivity contribution in [3.63, 3.8) is 0 Å². The highest BCUT2D eigenvalue weighted by atomic mass is 79.9. The predicted molar refractivity (Wildman–Crippen MR) is 55.3 cm³/mol. The van der Waals surface area contributed by atoms with E-state index < -0.39 is 30.5 Å². The molecule has 1 heterocycles. The van der Waals surface area contributed by atoms with Crippen LogP contribution in [0.15, 0.2) is 0 Å². The maximum absolute atomic E-state index is 9.64. The van der Waals surface area contributed by atoms with Crippen molar-refractivity contribution in [3.8, 4) is 0 Å². The summed E-state index contributed by atoms with van der Waals surface area (Å²) in [5, 5.41) is 29.2. The van der Waals surface area contributed by atoms with E-state index in [1.807, 2.05) is 13.8 Å². The summed E-state index contributed by atoms with van der Waals surface area (Å²) in [4.78, 5) is 0. The number of hydrogen-bond donors (Lipinski definition) is 3. The molecule has 0 aromatic heterocycles. The number of alkyl halides is 1. The molecule has 0 aliphatic carbocycles. The largest absolute Gasteiger partial charge is 0.388 e. The molecule has 1 aliphatic rings. The Bertz CT molecular complexity index is 186. The van der Waals surface area contributed by atoms with Gasteiger partial charge in [-0.25, -0.2) is 0 Å². The van der Waals surface area contributed by atoms with Crippen LogP contribution in [0.1, 0.15) is 13.8 Å². The highest BCUT2D eigenvalue weighted by Gasteiger charge is 2.43. The molecule has 4 nitrogen and oxygen atoms in total. The molecule has 1 saturated heterocycles. The number of rotatable bonds is 2. The molecule has 3 N–H and O–H groups in total. The summed E-state index contributed by atoms with van der Waals surface area (Å²) in [5.41, 5.74) is 0. The zero-order chi connectivity index (χ0) is 10.9. The van der Waals surface area contributed by atoms with E-state index in [-0.39, 0.29) is 5.92 Å². The monoisotopic (exact) mass is 268 g/mol. The topological polar surface area (TPSA) is 69.9 Å². The first-order valence-electron chi connectivity index (χ1n) is 4.74. The fourth-order valence-electron chi connectivity index (χ4n) is 1.66. The zero-order valence-corrected chi connectivity index (χ0v) is 9.89. The molecule has 14 heavy (non-hydrogen) atoms. The average Bonchev–Trinajstić information content (AvgIpc) is 2.14. The molecule has 84 valence electrons. The van der Waals surface area contributed by atoms with Crippen LogP contribution in [0.5, 0.6) is 0 Å². The minimum absolute atomic E-state index is 0.105. The maximum Gasteiger partial charge on any atom is 0.111 e. The highest BCUT2D eigenvalue weighted by molar-refractivity contribution is 9.09. The van der Waals surface area contributed by atoms with Gasteiger partial charge in [-0.1, -0.05) is 29.8 Å². The van der Waals surface area contributed by atoms with Crippen molar-refractivity contribution < 1.29 is 20.1 Å². The Kier molecular flexibility index (Phi) is 4.33. The lowest BCUT2D eigenvalue weighted by molar-refractivity contribution is -0.225. The lowest BCUT2D eigenvalue weighted by Gasteiger charge is -2.41. The standard InChI is InChI=1S/C9H17BrO4/c1-4(2)9-8(13)7(12)6(11)5(3-10)14-9/h4-9,11-13H,3H2,1-2H3/t5?,6-,7-,8?,9-/m0/s1. The molecule has 5 heteroatoms. The molecule has 0 spiro atoms. The van der Waals surface area contributed by atoms with Gasteiger partial charge in [-0.3, -0.25) is 0 Å². The first kappa shape index (κ1) is 12.4. The van der Waals surface area contributed by atoms with Crippen LogP contribution >= 0.6 is 15.9 Å². The SMILES string of the molecule is CC(C)[C@@H]1OC(CBr)[C@H](O)[C@H](O)C1O. The van der Waals surface area contributed by atoms with Crippen LogP contribution in [0.4, 0.5) is 0 Å². The molecule has 0 aromatic rings. The van der Waals surface area contributed by atoms with Crippen molar-refractivity contribution in [3.05, 3.63) is 0 Å². The van der Waals surface area contributed by atoms with Gasteiger partial charge in [-0.15, -0.1) is 0 Å². The lowest BCUT2D eigenvalue weighted by atomic mass is 9.90. The Labute approximate surface area is 92.0 Å². The number of aliphatic hydroxyl groups excluding tert-OH is 3. The Balaban J connectivity index is 2.73. The van der Waals surface area contributed by atoms with Gasteiger partial charge in [0.05, 0.1) is 12.2 Å². The third-order valence-electron chi connectivity index (χ3n) is 2.56. The van der Waals surface area contributed by atoms with Crippen LogP contribution in [0, 0.1) is 5.92 Å². The second kappa shape index (κ2) is 4.90. The fraction of sp³-hybridized carbons (Fsp3) is 1.00. The third kappa shape index (κ3) is 2.28. The molecule has 0 amide bonds. The Morgan fingerprint density at radius 3 is 2.14 bits per heavy atom. The normalized spacial score (nSPS) is 44.4. The molecule has 0 aromatic carbocycles. The molecule has 0 bridgehead atoms. The summed E-state index contributed by atoms with van der Waals surface area (Å²) in [6, 6.07) is 0. The van der Waals surface area contributed by atoms with Crippen LogP contribution in [-0.4, -0.2) is 51.2 Å². The fourth-order valence-corrected chi connectivity index (χ4v) is 2.19. The van der Waals surface area contributed by atoms with E-state index in [1.165, 1.54) is 0 Å². The number of aliphatic hydroxyl groups is 3. The Morgan fingerprint density at radius 1 is 1.14 bits per heavy atom. The summed E-state index contributed by atoms with van der Waals surface area (Å²) < 4.78 is 5.49. The minimum atomic E-state index is -1.13. The van der Waals surface area contributed by atoms with Crippen molar-refractivity contribution in [2.24, 2.45) is 5.92 Å². The van der Waals surface area contributed by atoms with Crippen LogP contribution < -0.4 is 0 Å². The van der Waals surface area contributed by atoms with Gasteiger partial charge in [0, 0.05) is 5.33 Å². The smallest absolute Gasteiger partial charge is 0.111 e. The molecule has 1 aliphatic heterocycles. The van der Waals surface area contributed by atoms with Gasteiger partial charge in [0.25, 0.3) is 0 Å². The maximum atomic E-state index is 9.64. The van der Waals surface area contributed by atoms with Gasteiger partial charge in [-0.05, 0) is 5.92 Å². The molecule has 0 radical (unpaired) electrons. The third-order valence-corrected chi connectivity index (χ3v) is 3.20. The van der Waals surface area contributed by atoms with Crippen molar-refractivity contribution in [1.29, 1.82) is 0 Å².